The van der Waals surface area contributed by atoms with Crippen LogP contribution in [0.1, 0.15) is 77.8 Å². The number of anilines is 1. The van der Waals surface area contributed by atoms with E-state index in [4.69, 9.17) is 18.9 Å². The molecule has 51 heavy (non-hydrogen) atoms. The number of methoxy groups -OCH3 is 2. The first-order chi connectivity index (χ1) is 24.7. The van der Waals surface area contributed by atoms with E-state index in [-0.39, 0.29) is 24.5 Å². The molecule has 0 saturated carbocycles. The van der Waals surface area contributed by atoms with Crippen molar-refractivity contribution >= 4 is 29.3 Å². The lowest BCUT2D eigenvalue weighted by atomic mass is 10.0. The summed E-state index contributed by atoms with van der Waals surface area (Å²) in [5.41, 5.74) is 2.69. The van der Waals surface area contributed by atoms with Crippen LogP contribution in [-0.4, -0.2) is 50.4 Å². The number of nitrogens with one attached hydrogen (secondary N) is 2. The number of ketones is 1. The van der Waals surface area contributed by atoms with Gasteiger partial charge in [0.15, 0.2) is 17.3 Å². The Bertz CT molecular complexity index is 1750. The van der Waals surface area contributed by atoms with Crippen LogP contribution in [0.15, 0.2) is 91.0 Å². The Kier molecular flexibility index (Phi) is 14.6. The number of benzene rings is 4. The van der Waals surface area contributed by atoms with Gasteiger partial charge in [0.1, 0.15) is 11.5 Å². The lowest BCUT2D eigenvalue weighted by Crippen LogP contribution is -2.41. The molecule has 0 spiro atoms. The Hall–Kier alpha value is -5.64. The smallest absolute Gasteiger partial charge is 0.343 e. The standard InChI is InChI=1S/C41H46N2O8/c1-5-6-7-8-9-25-50-34-23-17-31(18-24-34)41(47)51-35-21-13-29(14-22-35)26-36(28(2)44)43-40(46)30-15-19-33(20-16-30)42-38(45)27-32-11-10-12-37(48-3)39(32)49-4/h10-24,36H,5-9,25-27H2,1-4H3,(H,42,45)(H,43,46)/t36-/m0/s1. The van der Waals surface area contributed by atoms with E-state index in [1.54, 1.807) is 91.0 Å². The third kappa shape index (κ3) is 11.7. The molecule has 0 radical (unpaired) electrons. The molecule has 0 heterocycles. The molecule has 0 aromatic heterocycles. The minimum absolute atomic E-state index is 0.0648. The van der Waals surface area contributed by atoms with Gasteiger partial charge in [-0.3, -0.25) is 14.4 Å². The van der Waals surface area contributed by atoms with Gasteiger partial charge in [0, 0.05) is 16.8 Å². The average molecular weight is 695 g/mol. The van der Waals surface area contributed by atoms with Gasteiger partial charge in [-0.2, -0.15) is 0 Å². The van der Waals surface area contributed by atoms with Crippen LogP contribution < -0.4 is 29.6 Å². The number of carbonyl (C=O) groups is 4. The number of hydrogen-bond donors (Lipinski definition) is 2. The van der Waals surface area contributed by atoms with Crippen molar-refractivity contribution in [3.8, 4) is 23.0 Å². The average Bonchev–Trinajstić information content (AvgIpc) is 3.13. The first kappa shape index (κ1) is 38.2. The number of amides is 2. The summed E-state index contributed by atoms with van der Waals surface area (Å²) >= 11 is 0. The highest BCUT2D eigenvalue weighted by atomic mass is 16.5. The van der Waals surface area contributed by atoms with Crippen LogP contribution in [0, 0.1) is 0 Å². The minimum atomic E-state index is -0.778. The molecule has 2 N–H and O–H groups in total. The van der Waals surface area contributed by atoms with E-state index in [1.165, 1.54) is 40.4 Å². The third-order valence-electron chi connectivity index (χ3n) is 8.24. The Labute approximate surface area is 299 Å². The minimum Gasteiger partial charge on any atom is -0.494 e. The normalized spacial score (nSPS) is 11.2. The molecule has 0 unspecified atom stereocenters. The summed E-state index contributed by atoms with van der Waals surface area (Å²) < 4.78 is 22.0. The highest BCUT2D eigenvalue weighted by molar-refractivity contribution is 5.98. The highest BCUT2D eigenvalue weighted by Gasteiger charge is 2.20. The van der Waals surface area contributed by atoms with Gasteiger partial charge >= 0.3 is 5.97 Å². The van der Waals surface area contributed by atoms with Crippen LogP contribution in [0.4, 0.5) is 5.69 Å². The number of ether oxygens (including phenoxy) is 4. The van der Waals surface area contributed by atoms with Crippen molar-refractivity contribution in [1.82, 2.24) is 5.32 Å². The van der Waals surface area contributed by atoms with E-state index < -0.39 is 17.9 Å². The van der Waals surface area contributed by atoms with Crippen molar-refractivity contribution in [2.45, 2.75) is 64.8 Å². The van der Waals surface area contributed by atoms with Crippen LogP contribution in [0.25, 0.3) is 0 Å². The topological polar surface area (TPSA) is 129 Å². The summed E-state index contributed by atoms with van der Waals surface area (Å²) in [4.78, 5) is 50.9. The molecule has 0 aliphatic carbocycles. The summed E-state index contributed by atoms with van der Waals surface area (Å²) in [6.45, 7) is 4.25. The maximum atomic E-state index is 13.0. The van der Waals surface area contributed by atoms with Crippen LogP contribution in [0.2, 0.25) is 0 Å². The predicted molar refractivity (Wildman–Crippen MR) is 196 cm³/mol. The van der Waals surface area contributed by atoms with Gasteiger partial charge in [0.05, 0.1) is 38.9 Å². The number of carbonyl (C=O) groups excluding carboxylic acids is 4. The number of Topliss-reactive ketones (excluding diaryl/α,β-unsaturated/α-hetero) is 1. The zero-order valence-electron chi connectivity index (χ0n) is 29.7. The van der Waals surface area contributed by atoms with Gasteiger partial charge in [0.2, 0.25) is 5.91 Å². The largest absolute Gasteiger partial charge is 0.494 e. The zero-order chi connectivity index (χ0) is 36.6. The Morgan fingerprint density at radius 1 is 0.725 bits per heavy atom. The van der Waals surface area contributed by atoms with Crippen molar-refractivity contribution in [2.75, 3.05) is 26.1 Å². The van der Waals surface area contributed by atoms with E-state index in [0.29, 0.717) is 52.0 Å². The fraction of sp³-hybridized carbons (Fsp3) is 0.317. The lowest BCUT2D eigenvalue weighted by molar-refractivity contribution is -0.119. The lowest BCUT2D eigenvalue weighted by Gasteiger charge is -2.17. The van der Waals surface area contributed by atoms with E-state index in [0.717, 1.165) is 18.4 Å². The fourth-order valence-electron chi connectivity index (χ4n) is 5.39. The molecule has 1 atom stereocenters. The highest BCUT2D eigenvalue weighted by Crippen LogP contribution is 2.31. The van der Waals surface area contributed by atoms with Gasteiger partial charge in [0.25, 0.3) is 5.91 Å². The van der Waals surface area contributed by atoms with Crippen LogP contribution >= 0.6 is 0 Å². The second-order valence-corrected chi connectivity index (χ2v) is 12.1. The molecule has 0 aliphatic heterocycles. The quantitative estimate of drug-likeness (QED) is 0.0591. The number of hydrogen-bond acceptors (Lipinski definition) is 8. The molecular weight excluding hydrogens is 648 g/mol. The molecule has 268 valence electrons. The van der Waals surface area contributed by atoms with Crippen molar-refractivity contribution in [3.05, 3.63) is 113 Å². The maximum absolute atomic E-state index is 13.0. The monoisotopic (exact) mass is 694 g/mol. The van der Waals surface area contributed by atoms with Gasteiger partial charge in [-0.1, -0.05) is 56.9 Å². The molecule has 0 aliphatic rings. The maximum Gasteiger partial charge on any atom is 0.343 e. The van der Waals surface area contributed by atoms with Gasteiger partial charge in [-0.15, -0.1) is 0 Å². The number of para-hydroxylation sites is 1. The number of rotatable bonds is 19. The third-order valence-corrected chi connectivity index (χ3v) is 8.24. The second kappa shape index (κ2) is 19.5. The Morgan fingerprint density at radius 2 is 1.39 bits per heavy atom. The van der Waals surface area contributed by atoms with E-state index in [2.05, 4.69) is 17.6 Å². The zero-order valence-corrected chi connectivity index (χ0v) is 29.7. The van der Waals surface area contributed by atoms with Gasteiger partial charge in [-0.05, 0) is 92.1 Å². The van der Waals surface area contributed by atoms with Crippen molar-refractivity contribution in [1.29, 1.82) is 0 Å². The summed E-state index contributed by atoms with van der Waals surface area (Å²) in [6, 6.07) is 24.6. The van der Waals surface area contributed by atoms with Gasteiger partial charge < -0.3 is 29.6 Å². The van der Waals surface area contributed by atoms with Crippen molar-refractivity contribution < 1.29 is 38.1 Å². The summed E-state index contributed by atoms with van der Waals surface area (Å²) in [6.07, 6.45) is 6.11. The Morgan fingerprint density at radius 3 is 2.04 bits per heavy atom. The number of esters is 1. The predicted octanol–water partition coefficient (Wildman–Crippen LogP) is 7.38. The molecular formula is C41H46N2O8. The van der Waals surface area contributed by atoms with E-state index in [1.807, 2.05) is 0 Å². The summed E-state index contributed by atoms with van der Waals surface area (Å²) in [7, 11) is 3.05. The molecule has 10 nitrogen and oxygen atoms in total. The van der Waals surface area contributed by atoms with Gasteiger partial charge in [-0.25, -0.2) is 4.79 Å². The first-order valence-corrected chi connectivity index (χ1v) is 17.2. The SMILES string of the molecule is CCCCCCCOc1ccc(C(=O)Oc2ccc(C[C@H](NC(=O)c3ccc(NC(=O)Cc4cccc(OC)c4OC)cc3)C(C)=O)cc2)cc1. The molecule has 0 bridgehead atoms. The Balaban J connectivity index is 1.26. The second-order valence-electron chi connectivity index (χ2n) is 12.1. The molecule has 10 heteroatoms. The molecule has 0 fully saturated rings. The fourth-order valence-corrected chi connectivity index (χ4v) is 5.39. The molecule has 4 aromatic rings. The van der Waals surface area contributed by atoms with E-state index in [9.17, 15) is 19.2 Å². The van der Waals surface area contributed by atoms with Crippen LogP contribution in [-0.2, 0) is 22.4 Å². The first-order valence-electron chi connectivity index (χ1n) is 17.2. The van der Waals surface area contributed by atoms with E-state index >= 15 is 0 Å². The van der Waals surface area contributed by atoms with Crippen molar-refractivity contribution in [2.24, 2.45) is 0 Å². The molecule has 4 rings (SSSR count). The summed E-state index contributed by atoms with van der Waals surface area (Å²) in [5, 5.41) is 5.62. The molecule has 4 aromatic carbocycles. The molecule has 0 saturated heterocycles. The molecule has 2 amide bonds. The summed E-state index contributed by atoms with van der Waals surface area (Å²) in [5.74, 6) is 0.698. The van der Waals surface area contributed by atoms with Crippen LogP contribution in [0.3, 0.4) is 0 Å². The van der Waals surface area contributed by atoms with Crippen LogP contribution in [0.5, 0.6) is 23.0 Å². The number of unbranched alkanes of at least 4 members (excludes halogenated alkanes) is 4. The van der Waals surface area contributed by atoms with Crippen molar-refractivity contribution in [3.63, 3.8) is 0 Å².